The Bertz CT molecular complexity index is 651. The molecule has 3 heteroatoms. The molecule has 0 aromatic heterocycles. The second-order valence-corrected chi connectivity index (χ2v) is 6.36. The van der Waals surface area contributed by atoms with Gasteiger partial charge in [0.1, 0.15) is 5.78 Å². The molecule has 0 N–H and O–H groups in total. The standard InChI is InChI=1S/C19H19ClO2/c1-12-17(21)13(2)19(15-8-10-16(20)11-9-15)22-18(12)14-6-4-3-5-7-14/h3-13,18-19H,1-2H3. The number of benzene rings is 2. The largest absolute Gasteiger partial charge is 0.364 e. The van der Waals surface area contributed by atoms with Crippen LogP contribution in [0, 0.1) is 11.8 Å². The van der Waals surface area contributed by atoms with Gasteiger partial charge in [-0.2, -0.15) is 0 Å². The van der Waals surface area contributed by atoms with Crippen LogP contribution in [0.1, 0.15) is 37.2 Å². The predicted molar refractivity (Wildman–Crippen MR) is 87.8 cm³/mol. The highest BCUT2D eigenvalue weighted by molar-refractivity contribution is 6.30. The minimum atomic E-state index is -0.230. The lowest BCUT2D eigenvalue weighted by molar-refractivity contribution is -0.157. The van der Waals surface area contributed by atoms with Gasteiger partial charge < -0.3 is 4.74 Å². The summed E-state index contributed by atoms with van der Waals surface area (Å²) < 4.78 is 6.33. The first-order valence-corrected chi connectivity index (χ1v) is 7.95. The first-order chi connectivity index (χ1) is 10.6. The van der Waals surface area contributed by atoms with E-state index < -0.39 is 0 Å². The van der Waals surface area contributed by atoms with Crippen molar-refractivity contribution in [3.8, 4) is 0 Å². The summed E-state index contributed by atoms with van der Waals surface area (Å²) in [5, 5.41) is 0.687. The number of rotatable bonds is 2. The fraction of sp³-hybridized carbons (Fsp3) is 0.316. The van der Waals surface area contributed by atoms with E-state index in [4.69, 9.17) is 16.3 Å². The molecule has 0 aliphatic carbocycles. The van der Waals surface area contributed by atoms with Crippen LogP contribution in [0.2, 0.25) is 5.02 Å². The second kappa shape index (κ2) is 6.23. The lowest BCUT2D eigenvalue weighted by atomic mass is 9.80. The molecule has 3 rings (SSSR count). The highest BCUT2D eigenvalue weighted by Crippen LogP contribution is 2.43. The summed E-state index contributed by atoms with van der Waals surface area (Å²) in [4.78, 5) is 12.7. The van der Waals surface area contributed by atoms with Gasteiger partial charge in [-0.1, -0.05) is 67.9 Å². The number of carbonyl (C=O) groups excluding carboxylic acids is 1. The van der Waals surface area contributed by atoms with E-state index in [0.717, 1.165) is 11.1 Å². The van der Waals surface area contributed by atoms with E-state index in [2.05, 4.69) is 0 Å². The van der Waals surface area contributed by atoms with Crippen molar-refractivity contribution in [3.63, 3.8) is 0 Å². The topological polar surface area (TPSA) is 26.3 Å². The van der Waals surface area contributed by atoms with Crippen LogP contribution in [0.5, 0.6) is 0 Å². The van der Waals surface area contributed by atoms with E-state index in [0.29, 0.717) is 5.02 Å². The molecule has 1 fully saturated rings. The first-order valence-electron chi connectivity index (χ1n) is 7.57. The Morgan fingerprint density at radius 3 is 1.86 bits per heavy atom. The Hall–Kier alpha value is -1.64. The van der Waals surface area contributed by atoms with Crippen molar-refractivity contribution in [1.29, 1.82) is 0 Å². The normalized spacial score (nSPS) is 28.6. The Labute approximate surface area is 136 Å². The predicted octanol–water partition coefficient (Wildman–Crippen LogP) is 4.99. The summed E-state index contributed by atoms with van der Waals surface area (Å²) in [5.74, 6) is -0.0443. The van der Waals surface area contributed by atoms with Gasteiger partial charge in [-0.05, 0) is 23.3 Å². The van der Waals surface area contributed by atoms with Gasteiger partial charge in [0, 0.05) is 16.9 Å². The van der Waals surface area contributed by atoms with Crippen LogP contribution in [0.15, 0.2) is 54.6 Å². The van der Waals surface area contributed by atoms with Gasteiger partial charge >= 0.3 is 0 Å². The van der Waals surface area contributed by atoms with Crippen molar-refractivity contribution in [1.82, 2.24) is 0 Å². The first kappa shape index (κ1) is 15.3. The molecule has 0 saturated carbocycles. The number of hydrogen-bond acceptors (Lipinski definition) is 2. The molecule has 4 atom stereocenters. The van der Waals surface area contributed by atoms with E-state index in [9.17, 15) is 4.79 Å². The fourth-order valence-electron chi connectivity index (χ4n) is 3.14. The maximum atomic E-state index is 12.7. The average molecular weight is 315 g/mol. The molecule has 22 heavy (non-hydrogen) atoms. The molecule has 1 saturated heterocycles. The Morgan fingerprint density at radius 2 is 1.32 bits per heavy atom. The molecule has 114 valence electrons. The van der Waals surface area contributed by atoms with E-state index in [1.54, 1.807) is 0 Å². The number of hydrogen-bond donors (Lipinski definition) is 0. The number of Topliss-reactive ketones (excluding diaryl/α,β-unsaturated/α-hetero) is 1. The maximum Gasteiger partial charge on any atom is 0.144 e. The minimum Gasteiger partial charge on any atom is -0.364 e. The zero-order chi connectivity index (χ0) is 15.7. The number of halogens is 1. The highest BCUT2D eigenvalue weighted by Gasteiger charge is 2.41. The van der Waals surface area contributed by atoms with E-state index in [1.807, 2.05) is 68.4 Å². The molecular weight excluding hydrogens is 296 g/mol. The molecule has 2 aromatic rings. The molecule has 0 bridgehead atoms. The van der Waals surface area contributed by atoms with Crippen LogP contribution >= 0.6 is 11.6 Å². The molecule has 2 aromatic carbocycles. The summed E-state index contributed by atoms with van der Waals surface area (Å²) in [6.07, 6.45) is -0.434. The number of carbonyl (C=O) groups is 1. The molecule has 1 aliphatic rings. The van der Waals surface area contributed by atoms with Gasteiger partial charge in [-0.25, -0.2) is 0 Å². The summed E-state index contributed by atoms with van der Waals surface area (Å²) in [7, 11) is 0. The molecule has 0 spiro atoms. The van der Waals surface area contributed by atoms with Crippen molar-refractivity contribution in [2.45, 2.75) is 26.1 Å². The number of ketones is 1. The SMILES string of the molecule is CC1C(=O)C(C)C(c2ccc(Cl)cc2)OC1c1ccccc1. The maximum absolute atomic E-state index is 12.7. The molecule has 0 radical (unpaired) electrons. The van der Waals surface area contributed by atoms with Crippen LogP contribution in [0.4, 0.5) is 0 Å². The van der Waals surface area contributed by atoms with E-state index in [1.165, 1.54) is 0 Å². The van der Waals surface area contributed by atoms with Gasteiger partial charge in [0.15, 0.2) is 0 Å². The van der Waals surface area contributed by atoms with Gasteiger partial charge in [0.2, 0.25) is 0 Å². The lowest BCUT2D eigenvalue weighted by Crippen LogP contribution is -2.37. The Balaban J connectivity index is 1.94. The van der Waals surface area contributed by atoms with Crippen molar-refractivity contribution >= 4 is 17.4 Å². The van der Waals surface area contributed by atoms with E-state index in [-0.39, 0.29) is 29.8 Å². The van der Waals surface area contributed by atoms with Gasteiger partial charge in [-0.3, -0.25) is 4.79 Å². The monoisotopic (exact) mass is 314 g/mol. The van der Waals surface area contributed by atoms with Crippen LogP contribution in [0.25, 0.3) is 0 Å². The minimum absolute atomic E-state index is 0.138. The fourth-order valence-corrected chi connectivity index (χ4v) is 3.26. The Morgan fingerprint density at radius 1 is 0.818 bits per heavy atom. The van der Waals surface area contributed by atoms with Gasteiger partial charge in [0.05, 0.1) is 12.2 Å². The smallest absolute Gasteiger partial charge is 0.144 e. The third-order valence-corrected chi connectivity index (χ3v) is 4.68. The van der Waals surface area contributed by atoms with Crippen molar-refractivity contribution in [2.24, 2.45) is 11.8 Å². The van der Waals surface area contributed by atoms with Crippen LogP contribution in [-0.4, -0.2) is 5.78 Å². The van der Waals surface area contributed by atoms with Crippen molar-refractivity contribution < 1.29 is 9.53 Å². The molecule has 1 heterocycles. The summed E-state index contributed by atoms with van der Waals surface area (Å²) in [6, 6.07) is 17.5. The number of ether oxygens (including phenoxy) is 1. The van der Waals surface area contributed by atoms with E-state index >= 15 is 0 Å². The zero-order valence-corrected chi connectivity index (χ0v) is 13.5. The summed E-state index contributed by atoms with van der Waals surface area (Å²) in [6.45, 7) is 3.90. The second-order valence-electron chi connectivity index (χ2n) is 5.92. The molecular formula is C19H19ClO2. The average Bonchev–Trinajstić information content (AvgIpc) is 2.55. The van der Waals surface area contributed by atoms with Gasteiger partial charge in [0.25, 0.3) is 0 Å². The van der Waals surface area contributed by atoms with Crippen LogP contribution in [0.3, 0.4) is 0 Å². The molecule has 4 unspecified atom stereocenters. The Kier molecular flexibility index (Phi) is 4.32. The van der Waals surface area contributed by atoms with Crippen molar-refractivity contribution in [3.05, 3.63) is 70.7 Å². The van der Waals surface area contributed by atoms with Crippen LogP contribution in [-0.2, 0) is 9.53 Å². The molecule has 2 nitrogen and oxygen atoms in total. The lowest BCUT2D eigenvalue weighted by Gasteiger charge is -2.38. The van der Waals surface area contributed by atoms with Crippen molar-refractivity contribution in [2.75, 3.05) is 0 Å². The third-order valence-electron chi connectivity index (χ3n) is 4.43. The summed E-state index contributed by atoms with van der Waals surface area (Å²) >= 11 is 5.96. The molecule has 1 aliphatic heterocycles. The zero-order valence-electron chi connectivity index (χ0n) is 12.7. The van der Waals surface area contributed by atoms with Gasteiger partial charge in [-0.15, -0.1) is 0 Å². The quantitative estimate of drug-likeness (QED) is 0.780. The highest BCUT2D eigenvalue weighted by atomic mass is 35.5. The third kappa shape index (κ3) is 2.81. The van der Waals surface area contributed by atoms with Crippen LogP contribution < -0.4 is 0 Å². The summed E-state index contributed by atoms with van der Waals surface area (Å²) in [5.41, 5.74) is 2.05. The molecule has 0 amide bonds.